The van der Waals surface area contributed by atoms with Crippen molar-refractivity contribution in [3.63, 3.8) is 0 Å². The van der Waals surface area contributed by atoms with E-state index in [0.29, 0.717) is 0 Å². The first-order valence-corrected chi connectivity index (χ1v) is 3.98. The van der Waals surface area contributed by atoms with Crippen LogP contribution in [0.25, 0.3) is 0 Å². The highest BCUT2D eigenvalue weighted by Crippen LogP contribution is 2.66. The molecule has 56 valence electrons. The minimum Gasteiger partial charge on any atom is -0.289 e. The number of nitrogens with two attached hydrogens (primary N) is 1. The van der Waals surface area contributed by atoms with Gasteiger partial charge in [0.25, 0.3) is 0 Å². The Morgan fingerprint density at radius 2 is 2.20 bits per heavy atom. The minimum absolute atomic E-state index is 0.298. The quantitative estimate of drug-likeness (QED) is 0.480. The van der Waals surface area contributed by atoms with Crippen LogP contribution in [0.3, 0.4) is 0 Å². The lowest BCUT2D eigenvalue weighted by molar-refractivity contribution is -0.233. The molecule has 6 nitrogen and oxygen atoms in total. The number of hydrogen-bond donors (Lipinski definition) is 1. The SMILES string of the molecule is NC12OP(=O)(OCC1=O)O2. The number of carbonyl (C=O) groups excluding carboxylic acids is 1. The Balaban J connectivity index is 2.31. The number of rotatable bonds is 0. The fraction of sp³-hybridized carbons (Fsp3) is 0.667. The van der Waals surface area contributed by atoms with E-state index in [4.69, 9.17) is 5.73 Å². The van der Waals surface area contributed by atoms with Crippen LogP contribution in [0.1, 0.15) is 0 Å². The number of Topliss-reactive ketones (excluding diaryl/α,β-unsaturated/α-hetero) is 1. The largest absolute Gasteiger partial charge is 0.483 e. The maximum absolute atomic E-state index is 10.8. The van der Waals surface area contributed by atoms with Gasteiger partial charge in [-0.05, 0) is 0 Å². The summed E-state index contributed by atoms with van der Waals surface area (Å²) >= 11 is 0. The molecule has 0 radical (unpaired) electrons. The molecule has 2 N–H and O–H groups in total. The summed E-state index contributed by atoms with van der Waals surface area (Å²) in [6, 6.07) is 0. The van der Waals surface area contributed by atoms with Gasteiger partial charge in [0.2, 0.25) is 5.78 Å². The lowest BCUT2D eigenvalue weighted by atomic mass is 10.3. The van der Waals surface area contributed by atoms with Gasteiger partial charge in [-0.2, -0.15) is 0 Å². The summed E-state index contributed by atoms with van der Waals surface area (Å²) in [5.41, 5.74) is 5.13. The van der Waals surface area contributed by atoms with Crippen LogP contribution in [-0.2, 0) is 22.9 Å². The van der Waals surface area contributed by atoms with Crippen LogP contribution in [-0.4, -0.2) is 18.3 Å². The zero-order valence-electron chi connectivity index (χ0n) is 4.77. The van der Waals surface area contributed by atoms with Crippen molar-refractivity contribution < 1.29 is 22.9 Å². The number of hydrogen-bond acceptors (Lipinski definition) is 6. The van der Waals surface area contributed by atoms with Gasteiger partial charge < -0.3 is 0 Å². The Morgan fingerprint density at radius 1 is 1.60 bits per heavy atom. The molecule has 0 saturated carbocycles. The second-order valence-corrected chi connectivity index (χ2v) is 3.51. The Bertz CT molecular complexity index is 239. The van der Waals surface area contributed by atoms with E-state index in [1.807, 2.05) is 0 Å². The summed E-state index contributed by atoms with van der Waals surface area (Å²) < 4.78 is 23.9. The molecule has 3 fully saturated rings. The van der Waals surface area contributed by atoms with E-state index in [-0.39, 0.29) is 6.61 Å². The van der Waals surface area contributed by atoms with Crippen LogP contribution in [0.2, 0.25) is 0 Å². The van der Waals surface area contributed by atoms with E-state index in [9.17, 15) is 9.36 Å². The Labute approximate surface area is 55.8 Å². The highest BCUT2D eigenvalue weighted by molar-refractivity contribution is 7.50. The van der Waals surface area contributed by atoms with E-state index in [1.165, 1.54) is 0 Å². The van der Waals surface area contributed by atoms with Crippen molar-refractivity contribution in [2.24, 2.45) is 5.73 Å². The van der Waals surface area contributed by atoms with Crippen molar-refractivity contribution in [3.8, 4) is 0 Å². The van der Waals surface area contributed by atoms with Crippen molar-refractivity contribution in [1.29, 1.82) is 0 Å². The summed E-state index contributed by atoms with van der Waals surface area (Å²) in [6.07, 6.45) is 0. The van der Waals surface area contributed by atoms with Crippen LogP contribution in [0, 0.1) is 0 Å². The van der Waals surface area contributed by atoms with Gasteiger partial charge in [-0.15, -0.1) is 0 Å². The Kier molecular flexibility index (Phi) is 0.962. The summed E-state index contributed by atoms with van der Waals surface area (Å²) in [4.78, 5) is 10.7. The van der Waals surface area contributed by atoms with Gasteiger partial charge >= 0.3 is 13.7 Å². The molecule has 0 aliphatic carbocycles. The van der Waals surface area contributed by atoms with Gasteiger partial charge in [0, 0.05) is 0 Å². The molecule has 0 spiro atoms. The molecular formula is C3H4NO5P. The monoisotopic (exact) mass is 165 g/mol. The van der Waals surface area contributed by atoms with E-state index in [0.717, 1.165) is 0 Å². The predicted molar refractivity (Wildman–Crippen MR) is 27.7 cm³/mol. The number of phosphoric acid groups is 1. The van der Waals surface area contributed by atoms with Gasteiger partial charge in [-0.1, -0.05) is 0 Å². The number of carbonyl (C=O) groups is 1. The summed E-state index contributed by atoms with van der Waals surface area (Å²) in [5, 5.41) is 0. The second kappa shape index (κ2) is 1.49. The van der Waals surface area contributed by atoms with Crippen LogP contribution >= 0.6 is 7.82 Å². The van der Waals surface area contributed by atoms with Gasteiger partial charge in [0.05, 0.1) is 0 Å². The molecule has 3 heterocycles. The molecule has 2 bridgehead atoms. The molecule has 3 aliphatic rings. The van der Waals surface area contributed by atoms with Crippen LogP contribution in [0.5, 0.6) is 0 Å². The third-order valence-electron chi connectivity index (χ3n) is 1.24. The van der Waals surface area contributed by atoms with Crippen molar-refractivity contribution in [3.05, 3.63) is 0 Å². The smallest absolute Gasteiger partial charge is 0.289 e. The third kappa shape index (κ3) is 0.624. The van der Waals surface area contributed by atoms with Gasteiger partial charge in [0.15, 0.2) is 0 Å². The van der Waals surface area contributed by atoms with E-state index >= 15 is 0 Å². The maximum atomic E-state index is 10.8. The first-order valence-electron chi connectivity index (χ1n) is 2.52. The van der Waals surface area contributed by atoms with E-state index in [2.05, 4.69) is 13.6 Å². The van der Waals surface area contributed by atoms with E-state index in [1.54, 1.807) is 0 Å². The molecule has 0 unspecified atom stereocenters. The molecule has 0 aromatic carbocycles. The Hall–Kier alpha value is -0.260. The highest BCUT2D eigenvalue weighted by atomic mass is 31.2. The molecule has 0 aromatic rings. The van der Waals surface area contributed by atoms with Crippen molar-refractivity contribution in [1.82, 2.24) is 0 Å². The third-order valence-corrected chi connectivity index (χ3v) is 2.67. The molecule has 10 heavy (non-hydrogen) atoms. The first kappa shape index (κ1) is 6.45. The van der Waals surface area contributed by atoms with Gasteiger partial charge in [-0.3, -0.25) is 15.1 Å². The number of ketones is 1. The van der Waals surface area contributed by atoms with Gasteiger partial charge in [0.1, 0.15) is 6.61 Å². The molecule has 3 rings (SSSR count). The normalized spacial score (nSPS) is 52.3. The zero-order valence-corrected chi connectivity index (χ0v) is 5.67. The molecule has 3 aliphatic heterocycles. The average molecular weight is 165 g/mol. The minimum atomic E-state index is -3.39. The standard InChI is InChI=1S/C3H4NO5P/c4-3-2(5)1-7-10(6,8-3)9-3/h1,4H2. The number of fused-ring (bicyclic) bond motifs is 2. The van der Waals surface area contributed by atoms with Crippen LogP contribution < -0.4 is 5.73 Å². The average Bonchev–Trinajstić information content (AvgIpc) is 1.76. The Morgan fingerprint density at radius 3 is 2.60 bits per heavy atom. The zero-order chi connectivity index (χ0) is 7.41. The van der Waals surface area contributed by atoms with Gasteiger partial charge in [-0.25, -0.2) is 13.6 Å². The lowest BCUT2D eigenvalue weighted by Crippen LogP contribution is -2.62. The van der Waals surface area contributed by atoms with E-state index < -0.39 is 19.5 Å². The topological polar surface area (TPSA) is 87.9 Å². The maximum Gasteiger partial charge on any atom is 0.483 e. The fourth-order valence-electron chi connectivity index (χ4n) is 0.732. The first-order chi connectivity index (χ1) is 4.54. The van der Waals surface area contributed by atoms with Crippen molar-refractivity contribution >= 4 is 13.6 Å². The second-order valence-electron chi connectivity index (χ2n) is 1.99. The van der Waals surface area contributed by atoms with Crippen molar-refractivity contribution in [2.75, 3.05) is 6.61 Å². The molecular weight excluding hydrogens is 161 g/mol. The lowest BCUT2D eigenvalue weighted by Gasteiger charge is -2.44. The number of phosphoric ester groups is 1. The highest BCUT2D eigenvalue weighted by Gasteiger charge is 2.64. The molecule has 3 saturated heterocycles. The summed E-state index contributed by atoms with van der Waals surface area (Å²) in [7, 11) is -3.39. The van der Waals surface area contributed by atoms with Crippen molar-refractivity contribution in [2.45, 2.75) is 5.91 Å². The molecule has 0 aromatic heterocycles. The molecule has 7 heteroatoms. The van der Waals surface area contributed by atoms with Crippen LogP contribution in [0.15, 0.2) is 0 Å². The molecule has 0 amide bonds. The predicted octanol–water partition coefficient (Wildman–Crippen LogP) is -0.647. The van der Waals surface area contributed by atoms with Crippen LogP contribution in [0.4, 0.5) is 0 Å². The molecule has 0 atom stereocenters. The fourth-order valence-corrected chi connectivity index (χ4v) is 1.99. The summed E-state index contributed by atoms with van der Waals surface area (Å²) in [5.74, 6) is -2.33. The summed E-state index contributed by atoms with van der Waals surface area (Å²) in [6.45, 7) is -0.298.